The minimum Gasteiger partial charge on any atom is -0.505 e. The molecule has 3 N–H and O–H groups in total. The van der Waals surface area contributed by atoms with Crippen molar-refractivity contribution in [2.75, 3.05) is 43.9 Å². The standard InChI is InChI=1S/C23H28N6O3/c1-3-18(16-8-5-4-6-9-16)24-21-22(27-32-26-21)25-19-11-7-10-17(20(19)30)23(31)29-14-12-28(2)13-15-29/h4-11,18,30H,3,12-15H2,1-2H3,(H,24,26)(H,25,27)/t18-/m1/s1. The predicted octanol–water partition coefficient (Wildman–Crippen LogP) is 3.47. The lowest BCUT2D eigenvalue weighted by atomic mass is 10.0. The van der Waals surface area contributed by atoms with E-state index in [2.05, 4.69) is 32.8 Å². The number of rotatable bonds is 7. The van der Waals surface area contributed by atoms with Crippen LogP contribution in [0.4, 0.5) is 17.3 Å². The number of likely N-dealkylation sites (N-methyl/N-ethyl adjacent to an activating group) is 1. The van der Waals surface area contributed by atoms with Crippen molar-refractivity contribution in [3.05, 3.63) is 59.7 Å². The predicted molar refractivity (Wildman–Crippen MR) is 122 cm³/mol. The normalized spacial score (nSPS) is 15.4. The minimum atomic E-state index is -0.189. The molecule has 9 heteroatoms. The van der Waals surface area contributed by atoms with E-state index in [0.717, 1.165) is 25.1 Å². The third-order valence-corrected chi connectivity index (χ3v) is 5.72. The second-order valence-electron chi connectivity index (χ2n) is 7.90. The highest BCUT2D eigenvalue weighted by molar-refractivity contribution is 5.99. The van der Waals surface area contributed by atoms with Gasteiger partial charge in [-0.05, 0) is 41.5 Å². The van der Waals surface area contributed by atoms with Gasteiger partial charge in [0, 0.05) is 26.2 Å². The third-order valence-electron chi connectivity index (χ3n) is 5.72. The van der Waals surface area contributed by atoms with Gasteiger partial charge in [0.15, 0.2) is 5.75 Å². The summed E-state index contributed by atoms with van der Waals surface area (Å²) in [7, 11) is 2.03. The number of phenols is 1. The Labute approximate surface area is 187 Å². The zero-order chi connectivity index (χ0) is 22.5. The van der Waals surface area contributed by atoms with Gasteiger partial charge < -0.3 is 25.5 Å². The number of amides is 1. The van der Waals surface area contributed by atoms with E-state index in [4.69, 9.17) is 4.63 Å². The third kappa shape index (κ3) is 4.67. The molecular formula is C23H28N6O3. The summed E-state index contributed by atoms with van der Waals surface area (Å²) < 4.78 is 4.94. The van der Waals surface area contributed by atoms with E-state index in [-0.39, 0.29) is 23.3 Å². The van der Waals surface area contributed by atoms with Crippen LogP contribution in [0.5, 0.6) is 5.75 Å². The summed E-state index contributed by atoms with van der Waals surface area (Å²) in [5.41, 5.74) is 1.73. The first-order valence-electron chi connectivity index (χ1n) is 10.8. The van der Waals surface area contributed by atoms with Crippen LogP contribution in [0, 0.1) is 0 Å². The molecule has 32 heavy (non-hydrogen) atoms. The number of phenolic OH excluding ortho intramolecular Hbond substituents is 1. The molecule has 0 saturated carbocycles. The Morgan fingerprint density at radius 3 is 2.50 bits per heavy atom. The molecule has 1 aromatic heterocycles. The first-order chi connectivity index (χ1) is 15.6. The largest absolute Gasteiger partial charge is 0.505 e. The molecule has 2 heterocycles. The van der Waals surface area contributed by atoms with Crippen molar-refractivity contribution < 1.29 is 14.5 Å². The summed E-state index contributed by atoms with van der Waals surface area (Å²) in [5.74, 6) is 0.446. The highest BCUT2D eigenvalue weighted by Gasteiger charge is 2.24. The summed E-state index contributed by atoms with van der Waals surface area (Å²) >= 11 is 0. The number of para-hydroxylation sites is 1. The Hall–Kier alpha value is -3.59. The van der Waals surface area contributed by atoms with Crippen molar-refractivity contribution in [2.45, 2.75) is 19.4 Å². The van der Waals surface area contributed by atoms with Crippen molar-refractivity contribution in [2.24, 2.45) is 0 Å². The van der Waals surface area contributed by atoms with Gasteiger partial charge >= 0.3 is 0 Å². The van der Waals surface area contributed by atoms with Crippen LogP contribution in [-0.4, -0.2) is 64.4 Å². The molecule has 0 unspecified atom stereocenters. The molecule has 0 spiro atoms. The number of hydrogen-bond donors (Lipinski definition) is 3. The van der Waals surface area contributed by atoms with E-state index in [1.807, 2.05) is 37.4 Å². The fourth-order valence-electron chi connectivity index (χ4n) is 3.76. The van der Waals surface area contributed by atoms with E-state index in [9.17, 15) is 9.90 Å². The van der Waals surface area contributed by atoms with Crippen LogP contribution in [0.15, 0.2) is 53.2 Å². The van der Waals surface area contributed by atoms with Crippen molar-refractivity contribution in [3.8, 4) is 5.75 Å². The van der Waals surface area contributed by atoms with Gasteiger partial charge in [0.2, 0.25) is 11.6 Å². The number of anilines is 3. The van der Waals surface area contributed by atoms with Gasteiger partial charge in [0.1, 0.15) is 0 Å². The van der Waals surface area contributed by atoms with Gasteiger partial charge in [-0.3, -0.25) is 4.79 Å². The maximum Gasteiger partial charge on any atom is 0.257 e. The zero-order valence-corrected chi connectivity index (χ0v) is 18.3. The highest BCUT2D eigenvalue weighted by Crippen LogP contribution is 2.33. The number of carbonyl (C=O) groups is 1. The quantitative estimate of drug-likeness (QED) is 0.484. The Morgan fingerprint density at radius 1 is 1.06 bits per heavy atom. The van der Waals surface area contributed by atoms with E-state index in [1.165, 1.54) is 0 Å². The SMILES string of the molecule is CC[C@@H](Nc1nonc1Nc1cccc(C(=O)N2CCN(C)CC2)c1O)c1ccccc1. The summed E-state index contributed by atoms with van der Waals surface area (Å²) in [6.07, 6.45) is 0.830. The fourth-order valence-corrected chi connectivity index (χ4v) is 3.76. The van der Waals surface area contributed by atoms with E-state index in [1.54, 1.807) is 23.1 Å². The summed E-state index contributed by atoms with van der Waals surface area (Å²) in [4.78, 5) is 16.9. The summed E-state index contributed by atoms with van der Waals surface area (Å²) in [5, 5.41) is 25.1. The Kier molecular flexibility index (Phi) is 6.55. The summed E-state index contributed by atoms with van der Waals surface area (Å²) in [6.45, 7) is 4.95. The average Bonchev–Trinajstić information content (AvgIpc) is 3.26. The Balaban J connectivity index is 1.51. The number of hydrogen-bond acceptors (Lipinski definition) is 8. The molecule has 0 aliphatic carbocycles. The molecule has 9 nitrogen and oxygen atoms in total. The van der Waals surface area contributed by atoms with Crippen molar-refractivity contribution >= 4 is 23.2 Å². The zero-order valence-electron chi connectivity index (χ0n) is 18.3. The first-order valence-corrected chi connectivity index (χ1v) is 10.8. The topological polar surface area (TPSA) is 107 Å². The maximum absolute atomic E-state index is 13.0. The number of carbonyl (C=O) groups excluding carboxylic acids is 1. The monoisotopic (exact) mass is 436 g/mol. The van der Waals surface area contributed by atoms with E-state index < -0.39 is 0 Å². The molecule has 1 saturated heterocycles. The molecule has 0 bridgehead atoms. The number of nitrogens with one attached hydrogen (secondary N) is 2. The van der Waals surface area contributed by atoms with Crippen LogP contribution in [0.2, 0.25) is 0 Å². The number of aromatic hydroxyl groups is 1. The van der Waals surface area contributed by atoms with Crippen LogP contribution in [0.1, 0.15) is 35.3 Å². The number of nitrogens with zero attached hydrogens (tertiary/aromatic N) is 4. The summed E-state index contributed by atoms with van der Waals surface area (Å²) in [6, 6.07) is 15.1. The molecule has 1 aliphatic rings. The van der Waals surface area contributed by atoms with Gasteiger partial charge in [0.05, 0.1) is 17.3 Å². The fraction of sp³-hybridized carbons (Fsp3) is 0.348. The van der Waals surface area contributed by atoms with Gasteiger partial charge in [-0.2, -0.15) is 0 Å². The minimum absolute atomic E-state index is 0.0161. The lowest BCUT2D eigenvalue weighted by molar-refractivity contribution is 0.0661. The van der Waals surface area contributed by atoms with Gasteiger partial charge in [-0.15, -0.1) is 0 Å². The van der Waals surface area contributed by atoms with Crippen molar-refractivity contribution in [3.63, 3.8) is 0 Å². The van der Waals surface area contributed by atoms with E-state index >= 15 is 0 Å². The number of piperazine rings is 1. The van der Waals surface area contributed by atoms with E-state index in [0.29, 0.717) is 30.4 Å². The Morgan fingerprint density at radius 2 is 1.78 bits per heavy atom. The smallest absolute Gasteiger partial charge is 0.257 e. The highest BCUT2D eigenvalue weighted by atomic mass is 16.6. The van der Waals surface area contributed by atoms with Crippen LogP contribution >= 0.6 is 0 Å². The lowest BCUT2D eigenvalue weighted by Crippen LogP contribution is -2.47. The second-order valence-corrected chi connectivity index (χ2v) is 7.90. The van der Waals surface area contributed by atoms with Crippen molar-refractivity contribution in [1.29, 1.82) is 0 Å². The molecule has 1 amide bonds. The molecule has 3 aromatic rings. The Bertz CT molecular complexity index is 1050. The number of benzene rings is 2. The van der Waals surface area contributed by atoms with Crippen molar-refractivity contribution in [1.82, 2.24) is 20.1 Å². The van der Waals surface area contributed by atoms with Gasteiger partial charge in [0.25, 0.3) is 5.91 Å². The molecule has 1 atom stereocenters. The number of aromatic nitrogens is 2. The second kappa shape index (κ2) is 9.69. The van der Waals surface area contributed by atoms with Gasteiger partial charge in [-0.25, -0.2) is 4.63 Å². The molecular weight excluding hydrogens is 408 g/mol. The van der Waals surface area contributed by atoms with Crippen LogP contribution in [0.25, 0.3) is 0 Å². The van der Waals surface area contributed by atoms with Crippen LogP contribution in [0.3, 0.4) is 0 Å². The molecule has 1 aliphatic heterocycles. The first kappa shape index (κ1) is 21.6. The average molecular weight is 437 g/mol. The molecule has 0 radical (unpaired) electrons. The van der Waals surface area contributed by atoms with Crippen LogP contribution < -0.4 is 10.6 Å². The van der Waals surface area contributed by atoms with Crippen LogP contribution in [-0.2, 0) is 0 Å². The lowest BCUT2D eigenvalue weighted by Gasteiger charge is -2.32. The maximum atomic E-state index is 13.0. The molecule has 4 rings (SSSR count). The molecule has 2 aromatic carbocycles. The molecule has 168 valence electrons. The molecule has 1 fully saturated rings. The van der Waals surface area contributed by atoms with Gasteiger partial charge in [-0.1, -0.05) is 43.3 Å².